The zero-order valence-electron chi connectivity index (χ0n) is 29.7. The van der Waals surface area contributed by atoms with Crippen molar-refractivity contribution in [3.8, 4) is 39.1 Å². The van der Waals surface area contributed by atoms with Gasteiger partial charge in [-0.3, -0.25) is 0 Å². The van der Waals surface area contributed by atoms with E-state index in [0.29, 0.717) is 0 Å². The van der Waals surface area contributed by atoms with E-state index in [1.54, 1.807) is 0 Å². The molecule has 0 bridgehead atoms. The third kappa shape index (κ3) is 5.62. The van der Waals surface area contributed by atoms with Crippen molar-refractivity contribution in [3.63, 3.8) is 0 Å². The highest BCUT2D eigenvalue weighted by Crippen LogP contribution is 2.40. The predicted octanol–water partition coefficient (Wildman–Crippen LogP) is 14.4. The fourth-order valence-corrected chi connectivity index (χ4v) is 7.96. The Morgan fingerprint density at radius 2 is 0.815 bits per heavy atom. The van der Waals surface area contributed by atoms with E-state index < -0.39 is 0 Å². The summed E-state index contributed by atoms with van der Waals surface area (Å²) in [5, 5.41) is 4.99. The van der Waals surface area contributed by atoms with Gasteiger partial charge in [-0.15, -0.1) is 0 Å². The molecule has 1 aromatic heterocycles. The molecule has 1 heterocycles. The van der Waals surface area contributed by atoms with E-state index in [4.69, 9.17) is 0 Å². The molecule has 0 saturated heterocycles. The molecular weight excluding hydrogens is 653 g/mol. The molecule has 2 nitrogen and oxygen atoms in total. The summed E-state index contributed by atoms with van der Waals surface area (Å²) >= 11 is 0. The maximum absolute atomic E-state index is 2.41. The van der Waals surface area contributed by atoms with Crippen molar-refractivity contribution in [1.82, 2.24) is 4.57 Å². The zero-order chi connectivity index (χ0) is 35.8. The van der Waals surface area contributed by atoms with E-state index in [-0.39, 0.29) is 0 Å². The van der Waals surface area contributed by atoms with Crippen LogP contribution in [-0.4, -0.2) is 4.57 Å². The Hall–Kier alpha value is -7.16. The van der Waals surface area contributed by atoms with Crippen molar-refractivity contribution in [2.45, 2.75) is 0 Å². The largest absolute Gasteiger partial charge is 0.310 e. The number of aromatic nitrogens is 1. The minimum absolute atomic E-state index is 1.11. The lowest BCUT2D eigenvalue weighted by atomic mass is 9.98. The van der Waals surface area contributed by atoms with Crippen molar-refractivity contribution in [1.29, 1.82) is 0 Å². The van der Waals surface area contributed by atoms with Crippen molar-refractivity contribution in [2.24, 2.45) is 0 Å². The van der Waals surface area contributed by atoms with Crippen LogP contribution in [0.5, 0.6) is 0 Å². The van der Waals surface area contributed by atoms with Crippen LogP contribution < -0.4 is 4.90 Å². The lowest BCUT2D eigenvalue weighted by molar-refractivity contribution is 1.18. The van der Waals surface area contributed by atoms with Crippen molar-refractivity contribution in [3.05, 3.63) is 218 Å². The molecule has 54 heavy (non-hydrogen) atoms. The van der Waals surface area contributed by atoms with Gasteiger partial charge in [0, 0.05) is 33.4 Å². The quantitative estimate of drug-likeness (QED) is 0.162. The average Bonchev–Trinajstić information content (AvgIpc) is 3.59. The third-order valence-corrected chi connectivity index (χ3v) is 10.6. The molecule has 0 spiro atoms. The number of hydrogen-bond acceptors (Lipinski definition) is 1. The van der Waals surface area contributed by atoms with Gasteiger partial charge in [0.2, 0.25) is 0 Å². The maximum atomic E-state index is 2.41. The molecule has 10 aromatic rings. The van der Waals surface area contributed by atoms with Crippen molar-refractivity contribution < 1.29 is 0 Å². The van der Waals surface area contributed by atoms with E-state index >= 15 is 0 Å². The van der Waals surface area contributed by atoms with Crippen LogP contribution >= 0.6 is 0 Å². The van der Waals surface area contributed by atoms with Gasteiger partial charge in [-0.05, 0) is 93.2 Å². The lowest BCUT2D eigenvalue weighted by Gasteiger charge is -2.26. The number of nitrogens with zero attached hydrogens (tertiary/aromatic N) is 2. The van der Waals surface area contributed by atoms with E-state index in [1.165, 1.54) is 71.6 Å². The topological polar surface area (TPSA) is 8.17 Å². The molecule has 2 heteroatoms. The minimum atomic E-state index is 1.11. The second kappa shape index (κ2) is 13.4. The van der Waals surface area contributed by atoms with Gasteiger partial charge in [-0.2, -0.15) is 0 Å². The molecule has 0 radical (unpaired) electrons. The first-order chi connectivity index (χ1) is 26.8. The summed E-state index contributed by atoms with van der Waals surface area (Å²) in [6.07, 6.45) is 0. The van der Waals surface area contributed by atoms with Gasteiger partial charge in [0.15, 0.2) is 0 Å². The smallest absolute Gasteiger partial charge is 0.0541 e. The fourth-order valence-electron chi connectivity index (χ4n) is 7.96. The maximum Gasteiger partial charge on any atom is 0.0541 e. The van der Waals surface area contributed by atoms with Crippen LogP contribution in [0.1, 0.15) is 0 Å². The van der Waals surface area contributed by atoms with Crippen LogP contribution in [0, 0.1) is 0 Å². The first kappa shape index (κ1) is 31.6. The normalized spacial score (nSPS) is 11.3. The second-order valence-electron chi connectivity index (χ2n) is 13.8. The Kier molecular flexibility index (Phi) is 7.85. The Labute approximate surface area is 315 Å². The zero-order valence-corrected chi connectivity index (χ0v) is 29.7. The Morgan fingerprint density at radius 3 is 1.56 bits per heavy atom. The summed E-state index contributed by atoms with van der Waals surface area (Å²) in [6, 6.07) is 78.8. The molecule has 0 aliphatic heterocycles. The molecule has 10 rings (SSSR count). The SMILES string of the molecule is c1ccc(-c2cccc(N(c3ccc(-c4ccc(-c5ccccc5-n5c6ccccc6c6ccccc65)cc4)cc3)c3ccc4ccccc4c3)c2)cc1. The standard InChI is InChI=1S/C52H36N2/c1-2-13-37(14-3-1)43-17-12-18-45(35-43)53(46-34-31-38-15-4-5-16-42(38)36-46)44-32-29-40(30-33-44)39-25-27-41(28-26-39)47-19-6-9-22-50(47)54-51-23-10-7-20-48(51)49-21-8-11-24-52(49)54/h1-36H. The first-order valence-corrected chi connectivity index (χ1v) is 18.5. The second-order valence-corrected chi connectivity index (χ2v) is 13.8. The van der Waals surface area contributed by atoms with Gasteiger partial charge in [0.25, 0.3) is 0 Å². The van der Waals surface area contributed by atoms with Crippen molar-refractivity contribution >= 4 is 49.6 Å². The van der Waals surface area contributed by atoms with Crippen LogP contribution in [0.15, 0.2) is 218 Å². The summed E-state index contributed by atoms with van der Waals surface area (Å²) < 4.78 is 2.41. The summed E-state index contributed by atoms with van der Waals surface area (Å²) in [7, 11) is 0. The van der Waals surface area contributed by atoms with Gasteiger partial charge in [0.1, 0.15) is 0 Å². The number of hydrogen-bond donors (Lipinski definition) is 0. The van der Waals surface area contributed by atoms with Crippen LogP contribution in [0.4, 0.5) is 17.1 Å². The molecule has 0 atom stereocenters. The summed E-state index contributed by atoms with van der Waals surface area (Å²) in [5.41, 5.74) is 14.1. The highest BCUT2D eigenvalue weighted by atomic mass is 15.1. The molecule has 0 fully saturated rings. The van der Waals surface area contributed by atoms with Gasteiger partial charge in [0.05, 0.1) is 16.7 Å². The van der Waals surface area contributed by atoms with Gasteiger partial charge < -0.3 is 9.47 Å². The first-order valence-electron chi connectivity index (χ1n) is 18.5. The molecular formula is C52H36N2. The van der Waals surface area contributed by atoms with Crippen LogP contribution in [-0.2, 0) is 0 Å². The average molecular weight is 689 g/mol. The van der Waals surface area contributed by atoms with Crippen LogP contribution in [0.2, 0.25) is 0 Å². The van der Waals surface area contributed by atoms with Crippen LogP contribution in [0.3, 0.4) is 0 Å². The number of para-hydroxylation sites is 3. The highest BCUT2D eigenvalue weighted by molar-refractivity contribution is 6.09. The Morgan fingerprint density at radius 1 is 0.296 bits per heavy atom. The molecule has 0 saturated carbocycles. The molecule has 0 unspecified atom stereocenters. The van der Waals surface area contributed by atoms with Gasteiger partial charge in [-0.25, -0.2) is 0 Å². The Balaban J connectivity index is 1.01. The molecule has 0 N–H and O–H groups in total. The number of benzene rings is 9. The van der Waals surface area contributed by atoms with Crippen LogP contribution in [0.25, 0.3) is 71.6 Å². The molecule has 9 aromatic carbocycles. The summed E-state index contributed by atoms with van der Waals surface area (Å²) in [4.78, 5) is 2.36. The number of rotatable bonds is 7. The predicted molar refractivity (Wildman–Crippen MR) is 229 cm³/mol. The van der Waals surface area contributed by atoms with Gasteiger partial charge in [-0.1, -0.05) is 164 Å². The van der Waals surface area contributed by atoms with E-state index in [2.05, 4.69) is 228 Å². The molecule has 0 aliphatic rings. The Bertz CT molecular complexity index is 2870. The minimum Gasteiger partial charge on any atom is -0.310 e. The molecule has 254 valence electrons. The fraction of sp³-hybridized carbons (Fsp3) is 0. The highest BCUT2D eigenvalue weighted by Gasteiger charge is 2.17. The van der Waals surface area contributed by atoms with Crippen molar-refractivity contribution in [2.75, 3.05) is 4.90 Å². The summed E-state index contributed by atoms with van der Waals surface area (Å²) in [6.45, 7) is 0. The lowest BCUT2D eigenvalue weighted by Crippen LogP contribution is -2.10. The molecule has 0 amide bonds. The monoisotopic (exact) mass is 688 g/mol. The summed E-state index contributed by atoms with van der Waals surface area (Å²) in [5.74, 6) is 0. The number of anilines is 3. The van der Waals surface area contributed by atoms with E-state index in [0.717, 1.165) is 17.1 Å². The molecule has 0 aliphatic carbocycles. The van der Waals surface area contributed by atoms with E-state index in [1.807, 2.05) is 0 Å². The van der Waals surface area contributed by atoms with Gasteiger partial charge >= 0.3 is 0 Å². The number of fused-ring (bicyclic) bond motifs is 4. The van der Waals surface area contributed by atoms with E-state index in [9.17, 15) is 0 Å². The third-order valence-electron chi connectivity index (χ3n) is 10.6.